The van der Waals surface area contributed by atoms with Crippen LogP contribution in [-0.2, 0) is 0 Å². The maximum absolute atomic E-state index is 9.01. The maximum atomic E-state index is 9.01. The summed E-state index contributed by atoms with van der Waals surface area (Å²) in [5.74, 6) is 0. The molecule has 0 saturated carbocycles. The molecule has 0 aliphatic carbocycles. The van der Waals surface area contributed by atoms with Gasteiger partial charge in [-0.1, -0.05) is 11.6 Å². The average molecular weight is 272 g/mol. The van der Waals surface area contributed by atoms with Gasteiger partial charge in [0.25, 0.3) is 0 Å². The molecule has 0 radical (unpaired) electrons. The number of piperidine rings is 1. The number of fused-ring (bicyclic) bond motifs is 1. The quantitative estimate of drug-likeness (QED) is 0.793. The summed E-state index contributed by atoms with van der Waals surface area (Å²) in [5, 5.41) is 10.4. The van der Waals surface area contributed by atoms with Gasteiger partial charge in [0, 0.05) is 30.4 Å². The van der Waals surface area contributed by atoms with Gasteiger partial charge in [-0.2, -0.15) is 5.26 Å². The van der Waals surface area contributed by atoms with Crippen LogP contribution >= 0.6 is 11.6 Å². The topological polar surface area (TPSA) is 39.9 Å². The highest BCUT2D eigenvalue weighted by Gasteiger charge is 2.13. The molecule has 1 aliphatic heterocycles. The predicted octanol–water partition coefficient (Wildman–Crippen LogP) is 3.75. The molecule has 1 aromatic carbocycles. The van der Waals surface area contributed by atoms with Crippen LogP contribution in [0.5, 0.6) is 0 Å². The monoisotopic (exact) mass is 271 g/mol. The van der Waals surface area contributed by atoms with Crippen molar-refractivity contribution >= 4 is 28.2 Å². The van der Waals surface area contributed by atoms with Crippen molar-refractivity contribution in [3.8, 4) is 6.07 Å². The SMILES string of the molecule is N#Cc1cnc2ccc(N3CCCCC3)cc2c1Cl. The predicted molar refractivity (Wildman–Crippen MR) is 77.5 cm³/mol. The Bertz CT molecular complexity index is 654. The fourth-order valence-corrected chi connectivity index (χ4v) is 2.82. The van der Waals surface area contributed by atoms with Crippen LogP contribution < -0.4 is 4.90 Å². The zero-order valence-electron chi connectivity index (χ0n) is 10.6. The maximum Gasteiger partial charge on any atom is 0.102 e. The smallest absolute Gasteiger partial charge is 0.102 e. The fourth-order valence-electron chi connectivity index (χ4n) is 2.58. The highest BCUT2D eigenvalue weighted by molar-refractivity contribution is 6.36. The Hall–Kier alpha value is -1.79. The minimum atomic E-state index is 0.435. The second-order valence-corrected chi connectivity index (χ2v) is 5.22. The van der Waals surface area contributed by atoms with E-state index in [0.29, 0.717) is 10.6 Å². The van der Waals surface area contributed by atoms with E-state index in [1.807, 2.05) is 6.07 Å². The molecule has 0 amide bonds. The molecular formula is C15H14ClN3. The molecule has 96 valence electrons. The molecule has 1 aliphatic rings. The van der Waals surface area contributed by atoms with E-state index >= 15 is 0 Å². The van der Waals surface area contributed by atoms with Gasteiger partial charge < -0.3 is 4.90 Å². The molecular weight excluding hydrogens is 258 g/mol. The lowest BCUT2D eigenvalue weighted by Crippen LogP contribution is -2.29. The fraction of sp³-hybridized carbons (Fsp3) is 0.333. The van der Waals surface area contributed by atoms with E-state index in [1.165, 1.54) is 31.1 Å². The number of nitriles is 1. The van der Waals surface area contributed by atoms with E-state index in [-0.39, 0.29) is 0 Å². The van der Waals surface area contributed by atoms with Crippen molar-refractivity contribution in [1.29, 1.82) is 5.26 Å². The molecule has 0 spiro atoms. The second-order valence-electron chi connectivity index (χ2n) is 4.85. The van der Waals surface area contributed by atoms with Crippen LogP contribution in [0.2, 0.25) is 5.02 Å². The lowest BCUT2D eigenvalue weighted by atomic mass is 10.1. The van der Waals surface area contributed by atoms with Crippen molar-refractivity contribution in [2.24, 2.45) is 0 Å². The Morgan fingerprint density at radius 3 is 2.74 bits per heavy atom. The van der Waals surface area contributed by atoms with Crippen molar-refractivity contribution < 1.29 is 0 Å². The largest absolute Gasteiger partial charge is 0.372 e. The minimum Gasteiger partial charge on any atom is -0.372 e. The molecule has 2 heterocycles. The molecule has 3 nitrogen and oxygen atoms in total. The second kappa shape index (κ2) is 5.07. The van der Waals surface area contributed by atoms with Gasteiger partial charge in [-0.15, -0.1) is 0 Å². The number of hydrogen-bond donors (Lipinski definition) is 0. The number of rotatable bonds is 1. The van der Waals surface area contributed by atoms with E-state index in [1.54, 1.807) is 0 Å². The van der Waals surface area contributed by atoms with Crippen LogP contribution in [0.1, 0.15) is 24.8 Å². The lowest BCUT2D eigenvalue weighted by molar-refractivity contribution is 0.578. The molecule has 2 aromatic rings. The van der Waals surface area contributed by atoms with E-state index < -0.39 is 0 Å². The zero-order valence-corrected chi connectivity index (χ0v) is 11.3. The molecule has 0 N–H and O–H groups in total. The molecule has 0 atom stereocenters. The molecule has 0 unspecified atom stereocenters. The molecule has 3 rings (SSSR count). The third-order valence-corrected chi connectivity index (χ3v) is 4.03. The Labute approximate surface area is 117 Å². The van der Waals surface area contributed by atoms with E-state index in [2.05, 4.69) is 28.1 Å². The van der Waals surface area contributed by atoms with Gasteiger partial charge in [-0.05, 0) is 37.5 Å². The first-order valence-corrected chi connectivity index (χ1v) is 6.91. The van der Waals surface area contributed by atoms with Gasteiger partial charge in [-0.25, -0.2) is 0 Å². The zero-order chi connectivity index (χ0) is 13.2. The van der Waals surface area contributed by atoms with Crippen molar-refractivity contribution in [2.75, 3.05) is 18.0 Å². The molecule has 0 bridgehead atoms. The van der Waals surface area contributed by atoms with Gasteiger partial charge in [0.2, 0.25) is 0 Å². The number of halogens is 1. The molecule has 4 heteroatoms. The van der Waals surface area contributed by atoms with Crippen LogP contribution in [0.15, 0.2) is 24.4 Å². The number of hydrogen-bond acceptors (Lipinski definition) is 3. The Kier molecular flexibility index (Phi) is 3.27. The summed E-state index contributed by atoms with van der Waals surface area (Å²) in [5.41, 5.74) is 2.45. The molecule has 1 saturated heterocycles. The van der Waals surface area contributed by atoms with E-state index in [9.17, 15) is 0 Å². The summed E-state index contributed by atoms with van der Waals surface area (Å²) in [7, 11) is 0. The van der Waals surface area contributed by atoms with Crippen molar-refractivity contribution in [2.45, 2.75) is 19.3 Å². The highest BCUT2D eigenvalue weighted by Crippen LogP contribution is 2.30. The summed E-state index contributed by atoms with van der Waals surface area (Å²) in [6.45, 7) is 2.18. The van der Waals surface area contributed by atoms with E-state index in [4.69, 9.17) is 16.9 Å². The van der Waals surface area contributed by atoms with Crippen LogP contribution in [-0.4, -0.2) is 18.1 Å². The normalized spacial score (nSPS) is 15.5. The average Bonchev–Trinajstić information content (AvgIpc) is 2.48. The van der Waals surface area contributed by atoms with Gasteiger partial charge in [-0.3, -0.25) is 4.98 Å². The first-order valence-electron chi connectivity index (χ1n) is 6.53. The minimum absolute atomic E-state index is 0.435. The van der Waals surface area contributed by atoms with Crippen molar-refractivity contribution in [3.63, 3.8) is 0 Å². The Morgan fingerprint density at radius 1 is 1.21 bits per heavy atom. The van der Waals surface area contributed by atoms with Crippen molar-refractivity contribution in [3.05, 3.63) is 35.0 Å². The van der Waals surface area contributed by atoms with Gasteiger partial charge >= 0.3 is 0 Å². The lowest BCUT2D eigenvalue weighted by Gasteiger charge is -2.29. The molecule has 1 fully saturated rings. The third-order valence-electron chi connectivity index (χ3n) is 3.63. The van der Waals surface area contributed by atoms with Crippen LogP contribution in [0.25, 0.3) is 10.9 Å². The van der Waals surface area contributed by atoms with Gasteiger partial charge in [0.05, 0.1) is 16.1 Å². The number of pyridine rings is 1. The first-order chi connectivity index (χ1) is 9.29. The van der Waals surface area contributed by atoms with Crippen molar-refractivity contribution in [1.82, 2.24) is 4.98 Å². The van der Waals surface area contributed by atoms with Crippen LogP contribution in [0, 0.1) is 11.3 Å². The number of nitrogens with zero attached hydrogens (tertiary/aromatic N) is 3. The standard InChI is InChI=1S/C15H14ClN3/c16-15-11(9-17)10-18-14-5-4-12(8-13(14)15)19-6-2-1-3-7-19/h4-5,8,10H,1-3,6-7H2. The molecule has 1 aromatic heterocycles. The summed E-state index contributed by atoms with van der Waals surface area (Å²) in [6, 6.07) is 8.20. The Morgan fingerprint density at radius 2 is 2.00 bits per heavy atom. The third kappa shape index (κ3) is 2.24. The first kappa shape index (κ1) is 12.3. The van der Waals surface area contributed by atoms with Crippen LogP contribution in [0.4, 0.5) is 5.69 Å². The summed E-state index contributed by atoms with van der Waals surface area (Å²) < 4.78 is 0. The van der Waals surface area contributed by atoms with Gasteiger partial charge in [0.1, 0.15) is 6.07 Å². The van der Waals surface area contributed by atoms with Crippen LogP contribution in [0.3, 0.4) is 0 Å². The van der Waals surface area contributed by atoms with E-state index in [0.717, 1.165) is 24.0 Å². The number of aromatic nitrogens is 1. The van der Waals surface area contributed by atoms with Gasteiger partial charge in [0.15, 0.2) is 0 Å². The summed E-state index contributed by atoms with van der Waals surface area (Å²) in [4.78, 5) is 6.65. The number of anilines is 1. The Balaban J connectivity index is 2.08. The summed E-state index contributed by atoms with van der Waals surface area (Å²) >= 11 is 6.27. The summed E-state index contributed by atoms with van der Waals surface area (Å²) in [6.07, 6.45) is 5.32. The number of benzene rings is 1. The highest BCUT2D eigenvalue weighted by atomic mass is 35.5. The molecule has 19 heavy (non-hydrogen) atoms.